The second kappa shape index (κ2) is 5.00. The molecule has 46 valence electrons. The van der Waals surface area contributed by atoms with Gasteiger partial charge in [0, 0.05) is 0 Å². The molecule has 0 rings (SSSR count). The summed E-state index contributed by atoms with van der Waals surface area (Å²) < 4.78 is 0. The predicted octanol–water partition coefficient (Wildman–Crippen LogP) is 2.42. The van der Waals surface area contributed by atoms with Gasteiger partial charge in [0.25, 0.3) is 0 Å². The van der Waals surface area contributed by atoms with E-state index in [4.69, 9.17) is 18.0 Å². The summed E-state index contributed by atoms with van der Waals surface area (Å²) in [5.74, 6) is 2.47. The van der Waals surface area contributed by atoms with Crippen molar-refractivity contribution in [3.05, 3.63) is 0 Å². The van der Waals surface area contributed by atoms with Crippen molar-refractivity contribution >= 4 is 11.6 Å². The van der Waals surface area contributed by atoms with E-state index in [0.29, 0.717) is 0 Å². The van der Waals surface area contributed by atoms with Gasteiger partial charge in [-0.3, -0.25) is 0 Å². The van der Waals surface area contributed by atoms with Crippen molar-refractivity contribution in [3.8, 4) is 12.3 Å². The largest absolute Gasteiger partial charge is 0.119 e. The van der Waals surface area contributed by atoms with Gasteiger partial charge in [-0.1, -0.05) is 25.7 Å². The molecule has 0 aliphatic rings. The van der Waals surface area contributed by atoms with Crippen LogP contribution in [0.1, 0.15) is 26.2 Å². The molecular weight excluding hydrogens is 120 g/mol. The summed E-state index contributed by atoms with van der Waals surface area (Å²) in [5, 5.41) is -0.0463. The highest BCUT2D eigenvalue weighted by atomic mass is 35.5. The van der Waals surface area contributed by atoms with Gasteiger partial charge >= 0.3 is 0 Å². The van der Waals surface area contributed by atoms with Crippen LogP contribution in [0, 0.1) is 12.3 Å². The highest BCUT2D eigenvalue weighted by molar-refractivity contribution is 6.22. The van der Waals surface area contributed by atoms with Gasteiger partial charge in [0.2, 0.25) is 0 Å². The van der Waals surface area contributed by atoms with E-state index in [0.717, 1.165) is 12.8 Å². The molecule has 0 heterocycles. The third kappa shape index (κ3) is 4.02. The van der Waals surface area contributed by atoms with E-state index in [-0.39, 0.29) is 5.38 Å². The SMILES string of the molecule is C#CC(Cl)CCCC. The zero-order valence-electron chi connectivity index (χ0n) is 5.15. The molecule has 0 nitrogen and oxygen atoms in total. The van der Waals surface area contributed by atoms with Gasteiger partial charge in [0.1, 0.15) is 0 Å². The van der Waals surface area contributed by atoms with Crippen LogP contribution in [-0.4, -0.2) is 5.38 Å². The lowest BCUT2D eigenvalue weighted by Gasteiger charge is -1.96. The van der Waals surface area contributed by atoms with E-state index in [2.05, 4.69) is 12.8 Å². The Labute approximate surface area is 56.2 Å². The summed E-state index contributed by atoms with van der Waals surface area (Å²) >= 11 is 5.61. The molecule has 0 saturated carbocycles. The number of halogens is 1. The Hall–Kier alpha value is -0.150. The summed E-state index contributed by atoms with van der Waals surface area (Å²) in [7, 11) is 0. The number of alkyl halides is 1. The number of hydrogen-bond acceptors (Lipinski definition) is 0. The third-order valence-electron chi connectivity index (χ3n) is 0.992. The van der Waals surface area contributed by atoms with Crippen LogP contribution < -0.4 is 0 Å². The van der Waals surface area contributed by atoms with Crippen LogP contribution in [0.4, 0.5) is 0 Å². The first-order valence-electron chi connectivity index (χ1n) is 2.91. The maximum Gasteiger partial charge on any atom is 0.0940 e. The van der Waals surface area contributed by atoms with Crippen LogP contribution in [0.15, 0.2) is 0 Å². The summed E-state index contributed by atoms with van der Waals surface area (Å²) in [4.78, 5) is 0. The van der Waals surface area contributed by atoms with Crippen LogP contribution in [0.5, 0.6) is 0 Å². The fraction of sp³-hybridized carbons (Fsp3) is 0.714. The standard InChI is InChI=1S/C7H11Cl/c1-3-5-6-7(8)4-2/h2,7H,3,5-6H2,1H3. The lowest BCUT2D eigenvalue weighted by Crippen LogP contribution is -1.91. The summed E-state index contributed by atoms with van der Waals surface area (Å²) in [6, 6.07) is 0. The minimum Gasteiger partial charge on any atom is -0.119 e. The van der Waals surface area contributed by atoms with Crippen molar-refractivity contribution in [1.29, 1.82) is 0 Å². The third-order valence-corrected chi connectivity index (χ3v) is 1.34. The van der Waals surface area contributed by atoms with Gasteiger partial charge in [0.05, 0.1) is 5.38 Å². The smallest absolute Gasteiger partial charge is 0.0940 e. The maximum atomic E-state index is 5.61. The number of terminal acetylenes is 1. The molecule has 0 aromatic carbocycles. The predicted molar refractivity (Wildman–Crippen MR) is 38.0 cm³/mol. The summed E-state index contributed by atoms with van der Waals surface area (Å²) in [6.45, 7) is 2.13. The normalized spacial score (nSPS) is 12.6. The monoisotopic (exact) mass is 130 g/mol. The molecule has 0 bridgehead atoms. The lowest BCUT2D eigenvalue weighted by atomic mass is 10.2. The first-order chi connectivity index (χ1) is 3.81. The zero-order valence-corrected chi connectivity index (χ0v) is 5.91. The molecule has 0 fully saturated rings. The summed E-state index contributed by atoms with van der Waals surface area (Å²) in [5.41, 5.74) is 0. The molecule has 0 aliphatic heterocycles. The Morgan fingerprint density at radius 1 is 1.75 bits per heavy atom. The molecule has 1 heteroatoms. The fourth-order valence-electron chi connectivity index (χ4n) is 0.467. The van der Waals surface area contributed by atoms with Crippen molar-refractivity contribution in [1.82, 2.24) is 0 Å². The van der Waals surface area contributed by atoms with Crippen molar-refractivity contribution in [2.75, 3.05) is 0 Å². The molecule has 8 heavy (non-hydrogen) atoms. The molecule has 0 N–H and O–H groups in total. The van der Waals surface area contributed by atoms with E-state index in [1.807, 2.05) is 0 Å². The Bertz CT molecular complexity index is 80.9. The minimum atomic E-state index is -0.0463. The average molecular weight is 131 g/mol. The molecule has 0 aromatic rings. The topological polar surface area (TPSA) is 0 Å². The zero-order chi connectivity index (χ0) is 6.41. The van der Waals surface area contributed by atoms with Gasteiger partial charge in [0.15, 0.2) is 0 Å². The molecule has 0 amide bonds. The molecule has 0 aliphatic carbocycles. The van der Waals surface area contributed by atoms with Gasteiger partial charge in [-0.2, -0.15) is 0 Å². The highest BCUT2D eigenvalue weighted by Gasteiger charge is 1.95. The van der Waals surface area contributed by atoms with Crippen LogP contribution in [0.25, 0.3) is 0 Å². The first-order valence-corrected chi connectivity index (χ1v) is 3.35. The number of rotatable bonds is 3. The van der Waals surface area contributed by atoms with Gasteiger partial charge in [-0.05, 0) is 6.42 Å². The average Bonchev–Trinajstić information content (AvgIpc) is 1.83. The van der Waals surface area contributed by atoms with Crippen LogP contribution in [-0.2, 0) is 0 Å². The number of unbranched alkanes of at least 4 members (excludes halogenated alkanes) is 1. The number of hydrogen-bond donors (Lipinski definition) is 0. The highest BCUT2D eigenvalue weighted by Crippen LogP contribution is 2.04. The van der Waals surface area contributed by atoms with E-state index in [9.17, 15) is 0 Å². The van der Waals surface area contributed by atoms with Gasteiger partial charge in [-0.25, -0.2) is 0 Å². The quantitative estimate of drug-likeness (QED) is 0.407. The molecule has 0 spiro atoms. The van der Waals surface area contributed by atoms with Crippen molar-refractivity contribution in [2.45, 2.75) is 31.6 Å². The first kappa shape index (κ1) is 7.85. The van der Waals surface area contributed by atoms with E-state index < -0.39 is 0 Å². The maximum absolute atomic E-state index is 5.61. The van der Waals surface area contributed by atoms with E-state index in [1.54, 1.807) is 0 Å². The molecule has 0 aromatic heterocycles. The Morgan fingerprint density at radius 2 is 2.38 bits per heavy atom. The van der Waals surface area contributed by atoms with E-state index >= 15 is 0 Å². The van der Waals surface area contributed by atoms with Crippen LogP contribution in [0.2, 0.25) is 0 Å². The Kier molecular flexibility index (Phi) is 4.90. The van der Waals surface area contributed by atoms with Gasteiger partial charge in [-0.15, -0.1) is 18.0 Å². The summed E-state index contributed by atoms with van der Waals surface area (Å²) in [6.07, 6.45) is 8.29. The molecule has 1 atom stereocenters. The van der Waals surface area contributed by atoms with Crippen molar-refractivity contribution in [3.63, 3.8) is 0 Å². The fourth-order valence-corrected chi connectivity index (χ4v) is 0.621. The van der Waals surface area contributed by atoms with Crippen molar-refractivity contribution < 1.29 is 0 Å². The van der Waals surface area contributed by atoms with Crippen LogP contribution in [0.3, 0.4) is 0 Å². The second-order valence-corrected chi connectivity index (χ2v) is 2.30. The second-order valence-electron chi connectivity index (χ2n) is 1.78. The molecular formula is C7H11Cl. The van der Waals surface area contributed by atoms with Crippen molar-refractivity contribution in [2.24, 2.45) is 0 Å². The lowest BCUT2D eigenvalue weighted by molar-refractivity contribution is 0.741. The minimum absolute atomic E-state index is 0.0463. The molecule has 1 unspecified atom stereocenters. The molecule has 0 saturated heterocycles. The Balaban J connectivity index is 3.02. The Morgan fingerprint density at radius 3 is 2.75 bits per heavy atom. The van der Waals surface area contributed by atoms with Gasteiger partial charge < -0.3 is 0 Å². The molecule has 0 radical (unpaired) electrons. The van der Waals surface area contributed by atoms with Crippen LogP contribution >= 0.6 is 11.6 Å². The van der Waals surface area contributed by atoms with E-state index in [1.165, 1.54) is 6.42 Å².